The van der Waals surface area contributed by atoms with Gasteiger partial charge in [-0.2, -0.15) is 5.10 Å². The molecule has 1 atom stereocenters. The number of nitrogens with zero attached hydrogens (tertiary/aromatic N) is 4. The minimum atomic E-state index is -0.940. The molecular weight excluding hydrogens is 280 g/mol. The van der Waals surface area contributed by atoms with Crippen molar-refractivity contribution in [2.24, 2.45) is 0 Å². The zero-order valence-electron chi connectivity index (χ0n) is 13.1. The van der Waals surface area contributed by atoms with Gasteiger partial charge in [0.25, 0.3) is 0 Å². The van der Waals surface area contributed by atoms with E-state index in [-0.39, 0.29) is 5.56 Å². The number of carbonyl (C=O) groups is 1. The van der Waals surface area contributed by atoms with Crippen molar-refractivity contribution in [3.05, 3.63) is 29.7 Å². The number of rotatable bonds is 4. The number of pyridine rings is 1. The molecule has 118 valence electrons. The Morgan fingerprint density at radius 2 is 2.27 bits per heavy atom. The standard InChI is InChI=1S/C16H22N4O2/c1-11(2)19-7-4-3-5-13(19)10-14-17-15-9-12(16(21)22)6-8-20(15)18-14/h6,8-9,11,13H,3-5,7,10H2,1-2H3,(H,21,22). The van der Waals surface area contributed by atoms with Crippen LogP contribution in [0.4, 0.5) is 0 Å². The molecule has 1 aliphatic rings. The molecule has 6 heteroatoms. The normalized spacial score (nSPS) is 19.9. The van der Waals surface area contributed by atoms with Crippen molar-refractivity contribution in [3.8, 4) is 0 Å². The van der Waals surface area contributed by atoms with Gasteiger partial charge in [0.05, 0.1) is 5.56 Å². The van der Waals surface area contributed by atoms with Gasteiger partial charge in [0, 0.05) is 24.7 Å². The Morgan fingerprint density at radius 3 is 3.00 bits per heavy atom. The lowest BCUT2D eigenvalue weighted by atomic mass is 9.97. The smallest absolute Gasteiger partial charge is 0.335 e. The molecule has 2 aromatic rings. The van der Waals surface area contributed by atoms with Crippen molar-refractivity contribution in [1.29, 1.82) is 0 Å². The highest BCUT2D eigenvalue weighted by Gasteiger charge is 2.25. The summed E-state index contributed by atoms with van der Waals surface area (Å²) in [5, 5.41) is 13.5. The Kier molecular flexibility index (Phi) is 4.11. The van der Waals surface area contributed by atoms with E-state index in [4.69, 9.17) is 5.11 Å². The second kappa shape index (κ2) is 6.04. The van der Waals surface area contributed by atoms with E-state index in [1.54, 1.807) is 22.8 Å². The van der Waals surface area contributed by atoms with Crippen LogP contribution in [0.2, 0.25) is 0 Å². The van der Waals surface area contributed by atoms with Gasteiger partial charge in [-0.15, -0.1) is 0 Å². The molecule has 22 heavy (non-hydrogen) atoms. The third-order valence-electron chi connectivity index (χ3n) is 4.38. The van der Waals surface area contributed by atoms with Crippen LogP contribution in [-0.4, -0.2) is 49.2 Å². The van der Waals surface area contributed by atoms with Crippen LogP contribution < -0.4 is 0 Å². The van der Waals surface area contributed by atoms with Crippen molar-refractivity contribution in [2.75, 3.05) is 6.54 Å². The van der Waals surface area contributed by atoms with Gasteiger partial charge in [-0.3, -0.25) is 4.90 Å². The lowest BCUT2D eigenvalue weighted by Crippen LogP contribution is -2.45. The summed E-state index contributed by atoms with van der Waals surface area (Å²) >= 11 is 0. The molecule has 1 N–H and O–H groups in total. The average molecular weight is 302 g/mol. The Bertz CT molecular complexity index is 680. The van der Waals surface area contributed by atoms with Gasteiger partial charge in [-0.1, -0.05) is 6.42 Å². The first-order chi connectivity index (χ1) is 10.5. The molecule has 0 aliphatic carbocycles. The summed E-state index contributed by atoms with van der Waals surface area (Å²) in [6.07, 6.45) is 6.17. The lowest BCUT2D eigenvalue weighted by molar-refractivity contribution is 0.0697. The van der Waals surface area contributed by atoms with Gasteiger partial charge in [0.1, 0.15) is 0 Å². The van der Waals surface area contributed by atoms with Crippen molar-refractivity contribution < 1.29 is 9.90 Å². The number of aromatic nitrogens is 3. The predicted molar refractivity (Wildman–Crippen MR) is 83.1 cm³/mol. The first-order valence-electron chi connectivity index (χ1n) is 7.89. The molecule has 1 saturated heterocycles. The zero-order chi connectivity index (χ0) is 15.7. The van der Waals surface area contributed by atoms with Gasteiger partial charge >= 0.3 is 5.97 Å². The van der Waals surface area contributed by atoms with Crippen LogP contribution in [0.5, 0.6) is 0 Å². The second-order valence-corrected chi connectivity index (χ2v) is 6.24. The fourth-order valence-electron chi connectivity index (χ4n) is 3.28. The van der Waals surface area contributed by atoms with Crippen molar-refractivity contribution in [1.82, 2.24) is 19.5 Å². The number of hydrogen-bond donors (Lipinski definition) is 1. The summed E-state index contributed by atoms with van der Waals surface area (Å²) in [6, 6.07) is 4.13. The van der Waals surface area contributed by atoms with Crippen molar-refractivity contribution in [3.63, 3.8) is 0 Å². The number of carboxylic acids is 1. The van der Waals surface area contributed by atoms with E-state index in [0.717, 1.165) is 18.8 Å². The molecule has 0 bridgehead atoms. The fraction of sp³-hybridized carbons (Fsp3) is 0.562. The molecular formula is C16H22N4O2. The first-order valence-corrected chi connectivity index (χ1v) is 7.89. The van der Waals surface area contributed by atoms with Crippen LogP contribution >= 0.6 is 0 Å². The van der Waals surface area contributed by atoms with Gasteiger partial charge in [0.2, 0.25) is 0 Å². The number of carboxylic acid groups (broad SMARTS) is 1. The maximum absolute atomic E-state index is 11.0. The Hall–Kier alpha value is -1.95. The SMILES string of the molecule is CC(C)N1CCCCC1Cc1nc2cc(C(=O)O)ccn2n1. The summed E-state index contributed by atoms with van der Waals surface area (Å²) in [4.78, 5) is 18.1. The maximum atomic E-state index is 11.0. The van der Waals surface area contributed by atoms with Gasteiger partial charge in [0.15, 0.2) is 11.5 Å². The number of likely N-dealkylation sites (tertiary alicyclic amines) is 1. The summed E-state index contributed by atoms with van der Waals surface area (Å²) in [5.74, 6) is -0.148. The molecule has 6 nitrogen and oxygen atoms in total. The van der Waals surface area contributed by atoms with E-state index in [1.165, 1.54) is 19.3 Å². The number of fused-ring (bicyclic) bond motifs is 1. The van der Waals surface area contributed by atoms with E-state index in [1.807, 2.05) is 0 Å². The first kappa shape index (κ1) is 15.0. The molecule has 0 saturated carbocycles. The number of aromatic carboxylic acids is 1. The van der Waals surface area contributed by atoms with E-state index in [0.29, 0.717) is 17.7 Å². The summed E-state index contributed by atoms with van der Waals surface area (Å²) in [6.45, 7) is 5.60. The second-order valence-electron chi connectivity index (χ2n) is 6.24. The number of piperidine rings is 1. The molecule has 0 radical (unpaired) electrons. The quantitative estimate of drug-likeness (QED) is 0.938. The highest BCUT2D eigenvalue weighted by Crippen LogP contribution is 2.22. The minimum absolute atomic E-state index is 0.243. The Labute approximate surface area is 129 Å². The molecule has 3 rings (SSSR count). The third-order valence-corrected chi connectivity index (χ3v) is 4.38. The van der Waals surface area contributed by atoms with Crippen LogP contribution in [0, 0.1) is 0 Å². The van der Waals surface area contributed by atoms with Gasteiger partial charge in [-0.25, -0.2) is 14.3 Å². The Morgan fingerprint density at radius 1 is 1.45 bits per heavy atom. The monoisotopic (exact) mass is 302 g/mol. The molecule has 1 unspecified atom stereocenters. The van der Waals surface area contributed by atoms with E-state index in [9.17, 15) is 4.79 Å². The summed E-state index contributed by atoms with van der Waals surface area (Å²) in [7, 11) is 0. The molecule has 1 fully saturated rings. The largest absolute Gasteiger partial charge is 0.478 e. The molecule has 0 spiro atoms. The summed E-state index contributed by atoms with van der Waals surface area (Å²) in [5.41, 5.74) is 0.842. The molecule has 0 aromatic carbocycles. The van der Waals surface area contributed by atoms with E-state index in [2.05, 4.69) is 28.8 Å². The molecule has 0 amide bonds. The lowest BCUT2D eigenvalue weighted by Gasteiger charge is -2.38. The average Bonchev–Trinajstić information content (AvgIpc) is 2.88. The summed E-state index contributed by atoms with van der Waals surface area (Å²) < 4.78 is 1.66. The molecule has 3 heterocycles. The highest BCUT2D eigenvalue weighted by atomic mass is 16.4. The van der Waals surface area contributed by atoms with E-state index < -0.39 is 5.97 Å². The topological polar surface area (TPSA) is 70.7 Å². The van der Waals surface area contributed by atoms with Gasteiger partial charge in [-0.05, 0) is 45.4 Å². The third kappa shape index (κ3) is 2.97. The molecule has 2 aromatic heterocycles. The highest BCUT2D eigenvalue weighted by molar-refractivity contribution is 5.88. The zero-order valence-corrected chi connectivity index (χ0v) is 13.1. The van der Waals surface area contributed by atoms with Crippen molar-refractivity contribution in [2.45, 2.75) is 51.6 Å². The maximum Gasteiger partial charge on any atom is 0.335 e. The minimum Gasteiger partial charge on any atom is -0.478 e. The van der Waals surface area contributed by atoms with Gasteiger partial charge < -0.3 is 5.11 Å². The predicted octanol–water partition coefficient (Wildman–Crippen LogP) is 2.23. The van der Waals surface area contributed by atoms with Crippen LogP contribution in [0.25, 0.3) is 5.65 Å². The molecule has 1 aliphatic heterocycles. The van der Waals surface area contributed by atoms with Crippen LogP contribution in [0.1, 0.15) is 49.3 Å². The fourth-order valence-corrected chi connectivity index (χ4v) is 3.28. The van der Waals surface area contributed by atoms with E-state index >= 15 is 0 Å². The number of hydrogen-bond acceptors (Lipinski definition) is 4. The van der Waals surface area contributed by atoms with Crippen LogP contribution in [-0.2, 0) is 6.42 Å². The van der Waals surface area contributed by atoms with Crippen molar-refractivity contribution >= 4 is 11.6 Å². The van der Waals surface area contributed by atoms with Crippen LogP contribution in [0.15, 0.2) is 18.3 Å². The van der Waals surface area contributed by atoms with Crippen LogP contribution in [0.3, 0.4) is 0 Å². The Balaban J connectivity index is 1.82.